The summed E-state index contributed by atoms with van der Waals surface area (Å²) in [6.07, 6.45) is 0.609. The van der Waals surface area contributed by atoms with E-state index in [-0.39, 0.29) is 4.90 Å². The standard InChI is InChI=1S/C14H23FN2O3S/c1-4-16-11-12-10-13(6-7-14(12)15)21(18,19)17(2)8-5-9-20-3/h6-7,10,16H,4-5,8-9,11H2,1-3H3. The van der Waals surface area contributed by atoms with Gasteiger partial charge in [0.2, 0.25) is 10.0 Å². The highest BCUT2D eigenvalue weighted by molar-refractivity contribution is 7.89. The van der Waals surface area contributed by atoms with Gasteiger partial charge in [0, 0.05) is 39.4 Å². The van der Waals surface area contributed by atoms with Crippen LogP contribution in [0.1, 0.15) is 18.9 Å². The van der Waals surface area contributed by atoms with Crippen molar-refractivity contribution in [2.45, 2.75) is 24.8 Å². The first kappa shape index (κ1) is 18.0. The Balaban J connectivity index is 2.92. The fourth-order valence-electron chi connectivity index (χ4n) is 1.84. The number of rotatable bonds is 9. The molecule has 0 atom stereocenters. The second-order valence-corrected chi connectivity index (χ2v) is 6.75. The van der Waals surface area contributed by atoms with E-state index in [1.165, 1.54) is 29.6 Å². The minimum Gasteiger partial charge on any atom is -0.385 e. The first-order valence-electron chi connectivity index (χ1n) is 6.88. The predicted molar refractivity (Wildman–Crippen MR) is 80.1 cm³/mol. The summed E-state index contributed by atoms with van der Waals surface area (Å²) in [5, 5.41) is 2.99. The lowest BCUT2D eigenvalue weighted by molar-refractivity contribution is 0.189. The number of ether oxygens (including phenoxy) is 1. The summed E-state index contributed by atoms with van der Waals surface area (Å²) in [5.74, 6) is -0.406. The molecule has 0 aliphatic rings. The molecule has 0 amide bonds. The minimum atomic E-state index is -3.60. The van der Waals surface area contributed by atoms with E-state index in [1.807, 2.05) is 6.92 Å². The number of hydrogen-bond donors (Lipinski definition) is 1. The number of benzene rings is 1. The molecule has 120 valence electrons. The predicted octanol–water partition coefficient (Wildman–Crippen LogP) is 1.59. The van der Waals surface area contributed by atoms with Crippen molar-refractivity contribution in [1.82, 2.24) is 9.62 Å². The molecule has 0 bridgehead atoms. The molecule has 0 aromatic heterocycles. The minimum absolute atomic E-state index is 0.108. The summed E-state index contributed by atoms with van der Waals surface area (Å²) in [5.41, 5.74) is 0.350. The lowest BCUT2D eigenvalue weighted by Crippen LogP contribution is -2.28. The molecule has 0 radical (unpaired) electrons. The molecule has 0 spiro atoms. The molecule has 0 saturated carbocycles. The molecule has 0 aliphatic carbocycles. The van der Waals surface area contributed by atoms with E-state index in [2.05, 4.69) is 5.32 Å². The third kappa shape index (κ3) is 5.03. The van der Waals surface area contributed by atoms with Crippen molar-refractivity contribution in [3.05, 3.63) is 29.6 Å². The number of methoxy groups -OCH3 is 1. The van der Waals surface area contributed by atoms with E-state index >= 15 is 0 Å². The maximum absolute atomic E-state index is 13.7. The van der Waals surface area contributed by atoms with Gasteiger partial charge in [0.05, 0.1) is 4.90 Å². The van der Waals surface area contributed by atoms with Crippen molar-refractivity contribution in [2.24, 2.45) is 0 Å². The van der Waals surface area contributed by atoms with Gasteiger partial charge in [-0.3, -0.25) is 0 Å². The fraction of sp³-hybridized carbons (Fsp3) is 0.571. The zero-order valence-corrected chi connectivity index (χ0v) is 13.5. The van der Waals surface area contributed by atoms with Gasteiger partial charge in [-0.25, -0.2) is 17.1 Å². The molecular weight excluding hydrogens is 295 g/mol. The van der Waals surface area contributed by atoms with Crippen LogP contribution in [0.2, 0.25) is 0 Å². The molecular formula is C14H23FN2O3S. The Kier molecular flexibility index (Phi) is 7.24. The third-order valence-electron chi connectivity index (χ3n) is 3.11. The molecule has 0 unspecified atom stereocenters. The Bertz CT molecular complexity index is 549. The highest BCUT2D eigenvalue weighted by atomic mass is 32.2. The second kappa shape index (κ2) is 8.43. The highest BCUT2D eigenvalue weighted by Crippen LogP contribution is 2.18. The van der Waals surface area contributed by atoms with Gasteiger partial charge in [-0.1, -0.05) is 6.92 Å². The van der Waals surface area contributed by atoms with Crippen molar-refractivity contribution < 1.29 is 17.5 Å². The summed E-state index contributed by atoms with van der Waals surface area (Å²) in [6.45, 7) is 3.75. The lowest BCUT2D eigenvalue weighted by Gasteiger charge is -2.17. The number of nitrogens with one attached hydrogen (secondary N) is 1. The zero-order valence-electron chi connectivity index (χ0n) is 12.7. The Morgan fingerprint density at radius 1 is 1.38 bits per heavy atom. The van der Waals surface area contributed by atoms with Gasteiger partial charge in [0.25, 0.3) is 0 Å². The van der Waals surface area contributed by atoms with Crippen molar-refractivity contribution in [3.63, 3.8) is 0 Å². The SMILES string of the molecule is CCNCc1cc(S(=O)(=O)N(C)CCCOC)ccc1F. The van der Waals surface area contributed by atoms with Crippen LogP contribution >= 0.6 is 0 Å². The van der Waals surface area contributed by atoms with Crippen LogP contribution in [-0.4, -0.2) is 46.6 Å². The smallest absolute Gasteiger partial charge is 0.242 e. The van der Waals surface area contributed by atoms with Crippen LogP contribution in [0.25, 0.3) is 0 Å². The van der Waals surface area contributed by atoms with Crippen molar-refractivity contribution >= 4 is 10.0 Å². The van der Waals surface area contributed by atoms with E-state index in [4.69, 9.17) is 4.74 Å². The van der Waals surface area contributed by atoms with Crippen molar-refractivity contribution in [2.75, 3.05) is 33.9 Å². The molecule has 1 aromatic carbocycles. The summed E-state index contributed by atoms with van der Waals surface area (Å²) in [7, 11) is -0.517. The van der Waals surface area contributed by atoms with Crippen LogP contribution in [0.15, 0.2) is 23.1 Å². The third-order valence-corrected chi connectivity index (χ3v) is 4.97. The van der Waals surface area contributed by atoms with Gasteiger partial charge in [-0.05, 0) is 31.2 Å². The molecule has 1 N–H and O–H groups in total. The van der Waals surface area contributed by atoms with E-state index in [9.17, 15) is 12.8 Å². The number of sulfonamides is 1. The van der Waals surface area contributed by atoms with Crippen LogP contribution in [0.5, 0.6) is 0 Å². The largest absolute Gasteiger partial charge is 0.385 e. The van der Waals surface area contributed by atoms with Crippen molar-refractivity contribution in [1.29, 1.82) is 0 Å². The van der Waals surface area contributed by atoms with E-state index < -0.39 is 15.8 Å². The normalized spacial score (nSPS) is 12.0. The van der Waals surface area contributed by atoms with Gasteiger partial charge < -0.3 is 10.1 Å². The fourth-order valence-corrected chi connectivity index (χ4v) is 3.10. The Hall–Kier alpha value is -1.02. The number of halogens is 1. The van der Waals surface area contributed by atoms with Crippen LogP contribution in [0.4, 0.5) is 4.39 Å². The molecule has 7 heteroatoms. The van der Waals surface area contributed by atoms with Gasteiger partial charge in [-0.15, -0.1) is 0 Å². The first-order chi connectivity index (χ1) is 9.93. The summed E-state index contributed by atoms with van der Waals surface area (Å²) in [6, 6.07) is 3.88. The second-order valence-electron chi connectivity index (χ2n) is 4.71. The van der Waals surface area contributed by atoms with E-state index in [0.717, 1.165) is 0 Å². The van der Waals surface area contributed by atoms with Crippen molar-refractivity contribution in [3.8, 4) is 0 Å². The van der Waals surface area contributed by atoms with Crippen LogP contribution in [0.3, 0.4) is 0 Å². The average Bonchev–Trinajstić information content (AvgIpc) is 2.46. The molecule has 0 aliphatic heterocycles. The summed E-state index contributed by atoms with van der Waals surface area (Å²) in [4.78, 5) is 0.108. The van der Waals surface area contributed by atoms with E-state index in [0.29, 0.717) is 38.2 Å². The topological polar surface area (TPSA) is 58.6 Å². The molecule has 0 fully saturated rings. The van der Waals surface area contributed by atoms with Gasteiger partial charge in [0.1, 0.15) is 5.82 Å². The zero-order chi connectivity index (χ0) is 15.9. The molecule has 0 saturated heterocycles. The number of hydrogen-bond acceptors (Lipinski definition) is 4. The Morgan fingerprint density at radius 3 is 2.71 bits per heavy atom. The summed E-state index contributed by atoms with van der Waals surface area (Å²) < 4.78 is 44.6. The van der Waals surface area contributed by atoms with Crippen LogP contribution in [0, 0.1) is 5.82 Å². The lowest BCUT2D eigenvalue weighted by atomic mass is 10.2. The van der Waals surface area contributed by atoms with Crippen LogP contribution in [-0.2, 0) is 21.3 Å². The molecule has 1 rings (SSSR count). The van der Waals surface area contributed by atoms with Gasteiger partial charge in [-0.2, -0.15) is 0 Å². The summed E-state index contributed by atoms with van der Waals surface area (Å²) >= 11 is 0. The molecule has 1 aromatic rings. The monoisotopic (exact) mass is 318 g/mol. The average molecular weight is 318 g/mol. The van der Waals surface area contributed by atoms with Gasteiger partial charge >= 0.3 is 0 Å². The maximum Gasteiger partial charge on any atom is 0.242 e. The highest BCUT2D eigenvalue weighted by Gasteiger charge is 2.21. The quantitative estimate of drug-likeness (QED) is 0.703. The molecule has 0 heterocycles. The molecule has 5 nitrogen and oxygen atoms in total. The van der Waals surface area contributed by atoms with E-state index in [1.54, 1.807) is 7.11 Å². The Labute approximate surface area is 126 Å². The molecule has 21 heavy (non-hydrogen) atoms. The Morgan fingerprint density at radius 2 is 2.10 bits per heavy atom. The van der Waals surface area contributed by atoms with Gasteiger partial charge in [0.15, 0.2) is 0 Å². The maximum atomic E-state index is 13.7. The number of nitrogens with zero attached hydrogens (tertiary/aromatic N) is 1. The first-order valence-corrected chi connectivity index (χ1v) is 8.32. The van der Waals surface area contributed by atoms with Crippen LogP contribution < -0.4 is 5.32 Å².